The molecule has 0 spiro atoms. The van der Waals surface area contributed by atoms with Crippen molar-refractivity contribution in [3.05, 3.63) is 35.6 Å². The minimum atomic E-state index is -0.298. The molecule has 1 atom stereocenters. The summed E-state index contributed by atoms with van der Waals surface area (Å²) in [6.07, 6.45) is 3.19. The highest BCUT2D eigenvalue weighted by atomic mass is 19.1. The number of hydrogen-bond donors (Lipinski definition) is 2. The number of unbranched alkanes of at least 4 members (excludes halogenated alkanes) is 2. The molecule has 0 saturated heterocycles. The van der Waals surface area contributed by atoms with Gasteiger partial charge in [-0.3, -0.25) is 4.79 Å². The predicted molar refractivity (Wildman–Crippen MR) is 70.5 cm³/mol. The Morgan fingerprint density at radius 1 is 1.33 bits per heavy atom. The van der Waals surface area contributed by atoms with Crippen molar-refractivity contribution >= 4 is 5.91 Å². The zero-order valence-electron chi connectivity index (χ0n) is 10.8. The summed E-state index contributed by atoms with van der Waals surface area (Å²) >= 11 is 0. The first-order chi connectivity index (χ1) is 8.65. The lowest BCUT2D eigenvalue weighted by molar-refractivity contribution is -0.121. The Morgan fingerprint density at radius 3 is 2.72 bits per heavy atom. The van der Waals surface area contributed by atoms with Crippen molar-refractivity contribution in [1.82, 2.24) is 5.32 Å². The highest BCUT2D eigenvalue weighted by Crippen LogP contribution is 2.16. The summed E-state index contributed by atoms with van der Waals surface area (Å²) in [5.74, 6) is -0.323. The third kappa shape index (κ3) is 4.84. The maximum absolute atomic E-state index is 13.5. The topological polar surface area (TPSA) is 55.1 Å². The maximum atomic E-state index is 13.5. The first-order valence-electron chi connectivity index (χ1n) is 6.39. The van der Waals surface area contributed by atoms with Crippen LogP contribution in [-0.2, 0) is 4.79 Å². The van der Waals surface area contributed by atoms with Gasteiger partial charge in [-0.15, -0.1) is 0 Å². The molecule has 100 valence electrons. The van der Waals surface area contributed by atoms with Crippen LogP contribution < -0.4 is 11.1 Å². The van der Waals surface area contributed by atoms with Crippen molar-refractivity contribution in [3.63, 3.8) is 0 Å². The third-order valence-corrected chi connectivity index (χ3v) is 2.86. The standard InChI is InChI=1S/C14H21FN2O/c1-11(12-7-4-5-8-13(12)15)17-14(18)9-3-2-6-10-16/h4-5,7-8,11H,2-3,6,9-10,16H2,1H3,(H,17,18). The van der Waals surface area contributed by atoms with Crippen molar-refractivity contribution in [1.29, 1.82) is 0 Å². The first-order valence-corrected chi connectivity index (χ1v) is 6.39. The molecular weight excluding hydrogens is 231 g/mol. The Morgan fingerprint density at radius 2 is 2.06 bits per heavy atom. The number of amides is 1. The maximum Gasteiger partial charge on any atom is 0.220 e. The van der Waals surface area contributed by atoms with Gasteiger partial charge in [0, 0.05) is 12.0 Å². The van der Waals surface area contributed by atoms with Crippen molar-refractivity contribution in [3.8, 4) is 0 Å². The molecule has 0 heterocycles. The fourth-order valence-electron chi connectivity index (χ4n) is 1.82. The van der Waals surface area contributed by atoms with Gasteiger partial charge in [-0.1, -0.05) is 24.6 Å². The van der Waals surface area contributed by atoms with E-state index < -0.39 is 0 Å². The Balaban J connectivity index is 2.38. The van der Waals surface area contributed by atoms with Crippen molar-refractivity contribution < 1.29 is 9.18 Å². The van der Waals surface area contributed by atoms with Gasteiger partial charge < -0.3 is 11.1 Å². The second-order valence-corrected chi connectivity index (χ2v) is 4.41. The first kappa shape index (κ1) is 14.6. The SMILES string of the molecule is CC(NC(=O)CCCCCN)c1ccccc1F. The molecule has 0 aliphatic carbocycles. The fourth-order valence-corrected chi connectivity index (χ4v) is 1.82. The molecule has 0 aromatic heterocycles. The molecule has 0 fully saturated rings. The van der Waals surface area contributed by atoms with Gasteiger partial charge in [-0.25, -0.2) is 4.39 Å². The molecule has 1 aromatic carbocycles. The van der Waals surface area contributed by atoms with Gasteiger partial charge in [0.25, 0.3) is 0 Å². The van der Waals surface area contributed by atoms with Gasteiger partial charge in [-0.2, -0.15) is 0 Å². The largest absolute Gasteiger partial charge is 0.349 e. The molecule has 1 aromatic rings. The second kappa shape index (κ2) is 7.82. The Bertz CT molecular complexity index is 382. The summed E-state index contributed by atoms with van der Waals surface area (Å²) in [6, 6.07) is 6.20. The molecule has 1 amide bonds. The summed E-state index contributed by atoms with van der Waals surface area (Å²) in [6.45, 7) is 2.45. The molecule has 0 aliphatic rings. The highest BCUT2D eigenvalue weighted by molar-refractivity contribution is 5.76. The number of benzene rings is 1. The number of nitrogens with one attached hydrogen (secondary N) is 1. The van der Waals surface area contributed by atoms with Crippen LogP contribution in [0.3, 0.4) is 0 Å². The number of rotatable bonds is 7. The van der Waals surface area contributed by atoms with Gasteiger partial charge in [0.2, 0.25) is 5.91 Å². The van der Waals surface area contributed by atoms with Crippen LogP contribution in [0.1, 0.15) is 44.2 Å². The number of carbonyl (C=O) groups excluding carboxylic acids is 1. The monoisotopic (exact) mass is 252 g/mol. The van der Waals surface area contributed by atoms with Crippen LogP contribution in [0.2, 0.25) is 0 Å². The highest BCUT2D eigenvalue weighted by Gasteiger charge is 2.12. The lowest BCUT2D eigenvalue weighted by Gasteiger charge is -2.14. The smallest absolute Gasteiger partial charge is 0.220 e. The zero-order chi connectivity index (χ0) is 13.4. The summed E-state index contributed by atoms with van der Waals surface area (Å²) < 4.78 is 13.5. The lowest BCUT2D eigenvalue weighted by atomic mass is 10.1. The molecule has 1 rings (SSSR count). The summed E-state index contributed by atoms with van der Waals surface area (Å²) in [5.41, 5.74) is 5.90. The van der Waals surface area contributed by atoms with Crippen LogP contribution in [0, 0.1) is 5.82 Å². The quantitative estimate of drug-likeness (QED) is 0.733. The summed E-state index contributed by atoms with van der Waals surface area (Å²) in [4.78, 5) is 11.6. The second-order valence-electron chi connectivity index (χ2n) is 4.41. The van der Waals surface area contributed by atoms with E-state index in [0.717, 1.165) is 19.3 Å². The van der Waals surface area contributed by atoms with E-state index in [4.69, 9.17) is 5.73 Å². The average molecular weight is 252 g/mol. The predicted octanol–water partition coefficient (Wildman–Crippen LogP) is 2.52. The van der Waals surface area contributed by atoms with E-state index in [0.29, 0.717) is 18.5 Å². The van der Waals surface area contributed by atoms with Crippen molar-refractivity contribution in [2.45, 2.75) is 38.6 Å². The summed E-state index contributed by atoms with van der Waals surface area (Å²) in [5, 5.41) is 2.80. The Labute approximate surface area is 108 Å². The molecule has 0 saturated carbocycles. The van der Waals surface area contributed by atoms with Crippen molar-refractivity contribution in [2.24, 2.45) is 5.73 Å². The molecular formula is C14H21FN2O. The minimum Gasteiger partial charge on any atom is -0.349 e. The zero-order valence-corrected chi connectivity index (χ0v) is 10.8. The van der Waals surface area contributed by atoms with Gasteiger partial charge in [0.1, 0.15) is 5.82 Å². The fraction of sp³-hybridized carbons (Fsp3) is 0.500. The lowest BCUT2D eigenvalue weighted by Crippen LogP contribution is -2.26. The number of nitrogens with two attached hydrogens (primary N) is 1. The minimum absolute atomic E-state index is 0.0391. The van der Waals surface area contributed by atoms with Crippen LogP contribution in [-0.4, -0.2) is 12.5 Å². The van der Waals surface area contributed by atoms with Crippen LogP contribution >= 0.6 is 0 Å². The van der Waals surface area contributed by atoms with E-state index in [1.54, 1.807) is 25.1 Å². The molecule has 4 heteroatoms. The summed E-state index contributed by atoms with van der Waals surface area (Å²) in [7, 11) is 0. The molecule has 3 N–H and O–H groups in total. The van der Waals surface area contributed by atoms with Crippen LogP contribution in [0.15, 0.2) is 24.3 Å². The van der Waals surface area contributed by atoms with E-state index in [2.05, 4.69) is 5.32 Å². The molecule has 18 heavy (non-hydrogen) atoms. The van der Waals surface area contributed by atoms with E-state index in [1.807, 2.05) is 0 Å². The molecule has 1 unspecified atom stereocenters. The average Bonchev–Trinajstić information content (AvgIpc) is 2.35. The van der Waals surface area contributed by atoms with E-state index in [1.165, 1.54) is 6.07 Å². The van der Waals surface area contributed by atoms with Gasteiger partial charge >= 0.3 is 0 Å². The van der Waals surface area contributed by atoms with Gasteiger partial charge in [-0.05, 0) is 32.4 Å². The van der Waals surface area contributed by atoms with E-state index >= 15 is 0 Å². The Hall–Kier alpha value is -1.42. The van der Waals surface area contributed by atoms with Crippen LogP contribution in [0.25, 0.3) is 0 Å². The van der Waals surface area contributed by atoms with Gasteiger partial charge in [0.05, 0.1) is 6.04 Å². The normalized spacial score (nSPS) is 12.2. The molecule has 0 aliphatic heterocycles. The molecule has 3 nitrogen and oxygen atoms in total. The van der Waals surface area contributed by atoms with Crippen LogP contribution in [0.4, 0.5) is 4.39 Å². The number of hydrogen-bond acceptors (Lipinski definition) is 2. The number of halogens is 1. The van der Waals surface area contributed by atoms with Crippen molar-refractivity contribution in [2.75, 3.05) is 6.54 Å². The number of carbonyl (C=O) groups is 1. The van der Waals surface area contributed by atoms with Crippen LogP contribution in [0.5, 0.6) is 0 Å². The van der Waals surface area contributed by atoms with E-state index in [9.17, 15) is 9.18 Å². The Kier molecular flexibility index (Phi) is 6.36. The van der Waals surface area contributed by atoms with Gasteiger partial charge in [0.15, 0.2) is 0 Å². The van der Waals surface area contributed by atoms with E-state index in [-0.39, 0.29) is 17.8 Å². The molecule has 0 bridgehead atoms. The molecule has 0 radical (unpaired) electrons. The third-order valence-electron chi connectivity index (χ3n) is 2.86.